The highest BCUT2D eigenvalue weighted by Gasteiger charge is 2.17. The summed E-state index contributed by atoms with van der Waals surface area (Å²) in [5.41, 5.74) is 2.43. The van der Waals surface area contributed by atoms with Crippen LogP contribution in [0.2, 0.25) is 0 Å². The van der Waals surface area contributed by atoms with E-state index in [0.29, 0.717) is 18.8 Å². The minimum absolute atomic E-state index is 0.0596. The molecule has 0 spiro atoms. The molecule has 0 saturated carbocycles. The first kappa shape index (κ1) is 18.2. The Balaban J connectivity index is 1.56. The highest BCUT2D eigenvalue weighted by molar-refractivity contribution is 5.77. The predicted molar refractivity (Wildman–Crippen MR) is 98.0 cm³/mol. The second-order valence-electron chi connectivity index (χ2n) is 6.44. The average Bonchev–Trinajstić information content (AvgIpc) is 2.65. The lowest BCUT2D eigenvalue weighted by Gasteiger charge is -2.28. The Labute approximate surface area is 152 Å². The van der Waals surface area contributed by atoms with Crippen molar-refractivity contribution < 1.29 is 13.9 Å². The molecule has 2 aromatic rings. The van der Waals surface area contributed by atoms with Crippen molar-refractivity contribution in [2.75, 3.05) is 19.7 Å². The predicted octanol–water partition coefficient (Wildman–Crippen LogP) is 2.10. The van der Waals surface area contributed by atoms with Crippen LogP contribution in [0, 0.1) is 0 Å². The molecule has 2 heterocycles. The van der Waals surface area contributed by atoms with Gasteiger partial charge in [-0.15, -0.1) is 0 Å². The van der Waals surface area contributed by atoms with Crippen molar-refractivity contribution >= 4 is 5.91 Å². The third-order valence-electron chi connectivity index (χ3n) is 4.37. The van der Waals surface area contributed by atoms with Crippen molar-refractivity contribution in [3.8, 4) is 5.75 Å². The lowest BCUT2D eigenvalue weighted by Crippen LogP contribution is -2.31. The summed E-state index contributed by atoms with van der Waals surface area (Å²) in [6.45, 7) is 4.71. The topological polar surface area (TPSA) is 71.8 Å². The van der Waals surface area contributed by atoms with E-state index in [1.165, 1.54) is 23.5 Å². The molecule has 3 rings (SSSR count). The summed E-state index contributed by atoms with van der Waals surface area (Å²) >= 11 is 0. The van der Waals surface area contributed by atoms with Crippen molar-refractivity contribution in [2.24, 2.45) is 0 Å². The van der Waals surface area contributed by atoms with Crippen LogP contribution in [0.4, 0.5) is 0 Å². The van der Waals surface area contributed by atoms with Crippen molar-refractivity contribution in [3.05, 3.63) is 63.7 Å². The fraction of sp³-hybridized carbons (Fsp3) is 0.400. The molecule has 1 N–H and O–H groups in total. The molecule has 1 aliphatic heterocycles. The van der Waals surface area contributed by atoms with Crippen LogP contribution >= 0.6 is 0 Å². The zero-order valence-electron chi connectivity index (χ0n) is 15.0. The number of carbonyl (C=O) groups is 1. The maximum atomic E-state index is 12.2. The fourth-order valence-corrected chi connectivity index (χ4v) is 2.99. The molecule has 0 bridgehead atoms. The Morgan fingerprint density at radius 3 is 2.88 bits per heavy atom. The molecule has 0 atom stereocenters. The minimum Gasteiger partial charge on any atom is -0.477 e. The molecule has 1 amide bonds. The van der Waals surface area contributed by atoms with E-state index < -0.39 is 0 Å². The van der Waals surface area contributed by atoms with E-state index in [2.05, 4.69) is 28.4 Å². The Kier molecular flexibility index (Phi) is 6.07. The Morgan fingerprint density at radius 2 is 2.12 bits per heavy atom. The average molecular weight is 356 g/mol. The van der Waals surface area contributed by atoms with Gasteiger partial charge >= 0.3 is 0 Å². The van der Waals surface area contributed by atoms with Crippen LogP contribution in [0.1, 0.15) is 30.2 Å². The number of amides is 1. The van der Waals surface area contributed by atoms with Gasteiger partial charge in [-0.25, -0.2) is 0 Å². The van der Waals surface area contributed by atoms with E-state index in [9.17, 15) is 9.59 Å². The van der Waals surface area contributed by atoms with Crippen LogP contribution in [0.25, 0.3) is 0 Å². The third kappa shape index (κ3) is 4.73. The van der Waals surface area contributed by atoms with Crippen molar-refractivity contribution in [1.82, 2.24) is 10.2 Å². The van der Waals surface area contributed by atoms with Gasteiger partial charge in [0.1, 0.15) is 12.0 Å². The maximum Gasteiger partial charge on any atom is 0.257 e. The summed E-state index contributed by atoms with van der Waals surface area (Å²) in [4.78, 5) is 26.0. The monoisotopic (exact) mass is 356 g/mol. The molecule has 26 heavy (non-hydrogen) atoms. The quantitative estimate of drug-likeness (QED) is 0.823. The zero-order valence-corrected chi connectivity index (χ0v) is 15.0. The summed E-state index contributed by atoms with van der Waals surface area (Å²) in [6.07, 6.45) is 3.14. The first-order chi connectivity index (χ1) is 12.7. The molecule has 0 fully saturated rings. The number of hydrogen-bond donors (Lipinski definition) is 1. The molecule has 1 aromatic heterocycles. The van der Waals surface area contributed by atoms with Crippen LogP contribution in [0.15, 0.2) is 45.8 Å². The first-order valence-corrected chi connectivity index (χ1v) is 8.96. The van der Waals surface area contributed by atoms with Crippen LogP contribution in [-0.2, 0) is 24.3 Å². The summed E-state index contributed by atoms with van der Waals surface area (Å²) < 4.78 is 10.8. The second-order valence-corrected chi connectivity index (χ2v) is 6.44. The van der Waals surface area contributed by atoms with Gasteiger partial charge in [0.2, 0.25) is 11.2 Å². The Hall–Kier alpha value is -2.60. The highest BCUT2D eigenvalue weighted by Crippen LogP contribution is 2.20. The van der Waals surface area contributed by atoms with Gasteiger partial charge in [-0.2, -0.15) is 0 Å². The zero-order chi connectivity index (χ0) is 18.4. The molecule has 0 unspecified atom stereocenters. The second kappa shape index (κ2) is 8.67. The Morgan fingerprint density at radius 1 is 1.31 bits per heavy atom. The third-order valence-corrected chi connectivity index (χ3v) is 4.37. The van der Waals surface area contributed by atoms with Gasteiger partial charge in [0.25, 0.3) is 5.91 Å². The van der Waals surface area contributed by atoms with E-state index in [1.54, 1.807) is 0 Å². The van der Waals surface area contributed by atoms with E-state index in [4.69, 9.17) is 9.15 Å². The van der Waals surface area contributed by atoms with Gasteiger partial charge in [0.05, 0.1) is 6.54 Å². The first-order valence-electron chi connectivity index (χ1n) is 8.96. The van der Waals surface area contributed by atoms with Gasteiger partial charge in [0.15, 0.2) is 6.61 Å². The maximum absolute atomic E-state index is 12.2. The van der Waals surface area contributed by atoms with Crippen molar-refractivity contribution in [2.45, 2.75) is 32.9 Å². The van der Waals surface area contributed by atoms with Crippen LogP contribution in [-0.4, -0.2) is 30.5 Å². The van der Waals surface area contributed by atoms with E-state index in [-0.39, 0.29) is 23.7 Å². The van der Waals surface area contributed by atoms with Crippen LogP contribution in [0.5, 0.6) is 5.75 Å². The SMILES string of the molecule is CCCNC(=O)COc1coc(CN2CCc3ccccc3C2)cc1=O. The molecule has 0 saturated heterocycles. The summed E-state index contributed by atoms with van der Waals surface area (Å²) in [5.74, 6) is 0.406. The number of ether oxygens (including phenoxy) is 1. The number of nitrogens with one attached hydrogen (secondary N) is 1. The molecule has 6 nitrogen and oxygen atoms in total. The summed E-state index contributed by atoms with van der Waals surface area (Å²) in [5, 5.41) is 2.69. The number of carbonyl (C=O) groups excluding carboxylic acids is 1. The highest BCUT2D eigenvalue weighted by atomic mass is 16.5. The van der Waals surface area contributed by atoms with Gasteiger partial charge in [-0.3, -0.25) is 14.5 Å². The summed E-state index contributed by atoms with van der Waals surface area (Å²) in [6, 6.07) is 9.85. The molecule has 138 valence electrons. The lowest BCUT2D eigenvalue weighted by atomic mass is 10.00. The van der Waals surface area contributed by atoms with E-state index in [1.807, 2.05) is 13.0 Å². The van der Waals surface area contributed by atoms with Gasteiger partial charge in [-0.05, 0) is 24.0 Å². The van der Waals surface area contributed by atoms with E-state index >= 15 is 0 Å². The molecular weight excluding hydrogens is 332 g/mol. The molecule has 1 aromatic carbocycles. The van der Waals surface area contributed by atoms with Gasteiger partial charge in [0, 0.05) is 25.7 Å². The number of nitrogens with zero attached hydrogens (tertiary/aromatic N) is 1. The van der Waals surface area contributed by atoms with E-state index in [0.717, 1.165) is 25.9 Å². The molecule has 6 heteroatoms. The normalized spacial score (nSPS) is 13.9. The van der Waals surface area contributed by atoms with Crippen molar-refractivity contribution in [1.29, 1.82) is 0 Å². The number of rotatable bonds is 7. The molecule has 0 aliphatic carbocycles. The van der Waals surface area contributed by atoms with Crippen LogP contribution in [0.3, 0.4) is 0 Å². The largest absolute Gasteiger partial charge is 0.477 e. The summed E-state index contributed by atoms with van der Waals surface area (Å²) in [7, 11) is 0. The van der Waals surface area contributed by atoms with Gasteiger partial charge < -0.3 is 14.5 Å². The minimum atomic E-state index is -0.271. The molecule has 0 radical (unpaired) electrons. The Bertz CT molecular complexity index is 815. The number of benzene rings is 1. The van der Waals surface area contributed by atoms with Crippen molar-refractivity contribution in [3.63, 3.8) is 0 Å². The van der Waals surface area contributed by atoms with Gasteiger partial charge in [-0.1, -0.05) is 31.2 Å². The van der Waals surface area contributed by atoms with Crippen LogP contribution < -0.4 is 15.5 Å². The fourth-order valence-electron chi connectivity index (χ4n) is 2.99. The standard InChI is InChI=1S/C20H24N2O4/c1-2-8-21-20(24)14-26-19-13-25-17(10-18(19)23)12-22-9-7-15-5-3-4-6-16(15)11-22/h3-6,10,13H,2,7-9,11-12,14H2,1H3,(H,21,24). The smallest absolute Gasteiger partial charge is 0.257 e. The number of hydrogen-bond acceptors (Lipinski definition) is 5. The number of fused-ring (bicyclic) bond motifs is 1. The lowest BCUT2D eigenvalue weighted by molar-refractivity contribution is -0.123. The molecule has 1 aliphatic rings. The molecular formula is C20H24N2O4.